The zero-order chi connectivity index (χ0) is 12.4. The molecule has 0 saturated heterocycles. The van der Waals surface area contributed by atoms with Gasteiger partial charge in [0.2, 0.25) is 5.91 Å². The molecular formula is C13H19NO3. The summed E-state index contributed by atoms with van der Waals surface area (Å²) in [6.45, 7) is 2.03. The number of carboxylic acids is 1. The van der Waals surface area contributed by atoms with E-state index in [-0.39, 0.29) is 11.9 Å². The number of rotatable bonds is 4. The molecule has 4 atom stereocenters. The predicted octanol–water partition coefficient (Wildman–Crippen LogP) is 1.57. The van der Waals surface area contributed by atoms with Crippen molar-refractivity contribution in [1.82, 2.24) is 5.32 Å². The van der Waals surface area contributed by atoms with Crippen molar-refractivity contribution in [2.45, 2.75) is 38.6 Å². The molecule has 4 nitrogen and oxygen atoms in total. The fourth-order valence-corrected chi connectivity index (χ4v) is 3.43. The quantitative estimate of drug-likeness (QED) is 0.729. The topological polar surface area (TPSA) is 66.4 Å². The molecule has 0 aromatic rings. The molecular weight excluding hydrogens is 218 g/mol. The molecule has 2 aliphatic carbocycles. The smallest absolute Gasteiger partial charge is 0.328 e. The van der Waals surface area contributed by atoms with Crippen LogP contribution < -0.4 is 5.32 Å². The van der Waals surface area contributed by atoms with E-state index in [0.717, 1.165) is 24.0 Å². The molecule has 0 radical (unpaired) electrons. The van der Waals surface area contributed by atoms with E-state index >= 15 is 0 Å². The van der Waals surface area contributed by atoms with Gasteiger partial charge in [0.15, 0.2) is 0 Å². The van der Waals surface area contributed by atoms with Gasteiger partial charge in [-0.25, -0.2) is 4.79 Å². The highest BCUT2D eigenvalue weighted by molar-refractivity contribution is 5.93. The maximum absolute atomic E-state index is 11.5. The molecule has 0 spiro atoms. The SMILES string of the molecule is C[C@@H](NC(=O)/C=C/C(=O)O)[C@H]1C[C@H]2CC[C@H]1C2. The van der Waals surface area contributed by atoms with Crippen LogP contribution in [-0.4, -0.2) is 23.0 Å². The average molecular weight is 237 g/mol. The number of amides is 1. The monoisotopic (exact) mass is 237 g/mol. The molecule has 1 amide bonds. The molecule has 0 heterocycles. The molecule has 2 aliphatic rings. The van der Waals surface area contributed by atoms with E-state index in [1.165, 1.54) is 25.7 Å². The lowest BCUT2D eigenvalue weighted by atomic mass is 9.84. The number of aliphatic carboxylic acids is 1. The predicted molar refractivity (Wildman–Crippen MR) is 63.3 cm³/mol. The maximum Gasteiger partial charge on any atom is 0.328 e. The Morgan fingerprint density at radius 1 is 1.29 bits per heavy atom. The van der Waals surface area contributed by atoms with Gasteiger partial charge in [-0.1, -0.05) is 6.42 Å². The van der Waals surface area contributed by atoms with E-state index in [2.05, 4.69) is 5.32 Å². The molecule has 17 heavy (non-hydrogen) atoms. The van der Waals surface area contributed by atoms with Gasteiger partial charge in [-0.05, 0) is 43.9 Å². The van der Waals surface area contributed by atoms with Crippen LogP contribution in [0.4, 0.5) is 0 Å². The first-order chi connectivity index (χ1) is 8.06. The number of carboxylic acid groups (broad SMARTS) is 1. The number of carbonyl (C=O) groups excluding carboxylic acids is 1. The van der Waals surface area contributed by atoms with E-state index in [1.54, 1.807) is 0 Å². The standard InChI is InChI=1S/C13H19NO3/c1-8(14-12(15)4-5-13(16)17)11-7-9-2-3-10(11)6-9/h4-5,8-11H,2-3,6-7H2,1H3,(H,14,15)(H,16,17)/b5-4+/t8-,9+,10+,11-/m1/s1. The van der Waals surface area contributed by atoms with Crippen LogP contribution in [0.1, 0.15) is 32.6 Å². The molecule has 0 aromatic carbocycles. The summed E-state index contributed by atoms with van der Waals surface area (Å²) >= 11 is 0. The van der Waals surface area contributed by atoms with Crippen molar-refractivity contribution in [3.05, 3.63) is 12.2 Å². The van der Waals surface area contributed by atoms with Crippen LogP contribution in [0.3, 0.4) is 0 Å². The second-order valence-corrected chi connectivity index (χ2v) is 5.31. The second-order valence-electron chi connectivity index (χ2n) is 5.31. The first-order valence-electron chi connectivity index (χ1n) is 6.27. The number of hydrogen-bond acceptors (Lipinski definition) is 2. The Bertz CT molecular complexity index is 351. The van der Waals surface area contributed by atoms with Crippen LogP contribution in [-0.2, 0) is 9.59 Å². The molecule has 0 aromatic heterocycles. The van der Waals surface area contributed by atoms with Gasteiger partial charge in [-0.3, -0.25) is 4.79 Å². The molecule has 2 rings (SSSR count). The Kier molecular flexibility index (Phi) is 3.50. The fourth-order valence-electron chi connectivity index (χ4n) is 3.43. The highest BCUT2D eigenvalue weighted by Gasteiger charge is 2.41. The minimum atomic E-state index is -1.09. The highest BCUT2D eigenvalue weighted by Crippen LogP contribution is 2.49. The Labute approximate surface area is 101 Å². The van der Waals surface area contributed by atoms with Gasteiger partial charge in [-0.15, -0.1) is 0 Å². The zero-order valence-corrected chi connectivity index (χ0v) is 10.1. The summed E-state index contributed by atoms with van der Waals surface area (Å²) in [4.78, 5) is 21.7. The molecule has 0 aliphatic heterocycles. The largest absolute Gasteiger partial charge is 0.478 e. The van der Waals surface area contributed by atoms with Crippen LogP contribution in [0.5, 0.6) is 0 Å². The van der Waals surface area contributed by atoms with E-state index < -0.39 is 5.97 Å². The first-order valence-corrected chi connectivity index (χ1v) is 6.27. The highest BCUT2D eigenvalue weighted by atomic mass is 16.4. The molecule has 4 heteroatoms. The third-order valence-electron chi connectivity index (χ3n) is 4.18. The van der Waals surface area contributed by atoms with E-state index in [4.69, 9.17) is 5.11 Å². The summed E-state index contributed by atoms with van der Waals surface area (Å²) in [6.07, 6.45) is 7.14. The first kappa shape index (κ1) is 12.1. The van der Waals surface area contributed by atoms with Gasteiger partial charge in [0.1, 0.15) is 0 Å². The Hall–Kier alpha value is -1.32. The summed E-state index contributed by atoms with van der Waals surface area (Å²) in [5.74, 6) is 0.809. The lowest BCUT2D eigenvalue weighted by Gasteiger charge is -2.28. The zero-order valence-electron chi connectivity index (χ0n) is 10.1. The van der Waals surface area contributed by atoms with Crippen LogP contribution >= 0.6 is 0 Å². The maximum atomic E-state index is 11.5. The minimum Gasteiger partial charge on any atom is -0.478 e. The van der Waals surface area contributed by atoms with Crippen molar-refractivity contribution in [3.63, 3.8) is 0 Å². The molecule has 2 N–H and O–H groups in total. The van der Waals surface area contributed by atoms with Gasteiger partial charge in [0.05, 0.1) is 0 Å². The second kappa shape index (κ2) is 4.90. The van der Waals surface area contributed by atoms with Crippen molar-refractivity contribution in [1.29, 1.82) is 0 Å². The number of nitrogens with one attached hydrogen (secondary N) is 1. The fraction of sp³-hybridized carbons (Fsp3) is 0.692. The summed E-state index contributed by atoms with van der Waals surface area (Å²) < 4.78 is 0. The Balaban J connectivity index is 1.83. The summed E-state index contributed by atoms with van der Waals surface area (Å²) in [6, 6.07) is 0.149. The third-order valence-corrected chi connectivity index (χ3v) is 4.18. The van der Waals surface area contributed by atoms with Gasteiger partial charge < -0.3 is 10.4 Å². The van der Waals surface area contributed by atoms with Gasteiger partial charge in [0, 0.05) is 18.2 Å². The van der Waals surface area contributed by atoms with Crippen molar-refractivity contribution >= 4 is 11.9 Å². The normalized spacial score (nSPS) is 32.9. The van der Waals surface area contributed by atoms with Crippen molar-refractivity contribution < 1.29 is 14.7 Å². The van der Waals surface area contributed by atoms with E-state index in [1.807, 2.05) is 6.92 Å². The van der Waals surface area contributed by atoms with Gasteiger partial charge >= 0.3 is 5.97 Å². The summed E-state index contributed by atoms with van der Waals surface area (Å²) in [7, 11) is 0. The van der Waals surface area contributed by atoms with Crippen LogP contribution in [0.2, 0.25) is 0 Å². The molecule has 2 bridgehead atoms. The lowest BCUT2D eigenvalue weighted by Crippen LogP contribution is -2.39. The van der Waals surface area contributed by atoms with Crippen LogP contribution in [0, 0.1) is 17.8 Å². The minimum absolute atomic E-state index is 0.149. The lowest BCUT2D eigenvalue weighted by molar-refractivity contribution is -0.131. The van der Waals surface area contributed by atoms with Crippen LogP contribution in [0.25, 0.3) is 0 Å². The van der Waals surface area contributed by atoms with Gasteiger partial charge in [0.25, 0.3) is 0 Å². The van der Waals surface area contributed by atoms with Crippen LogP contribution in [0.15, 0.2) is 12.2 Å². The van der Waals surface area contributed by atoms with Crippen molar-refractivity contribution in [2.24, 2.45) is 17.8 Å². The van der Waals surface area contributed by atoms with Crippen molar-refractivity contribution in [3.8, 4) is 0 Å². The number of carbonyl (C=O) groups is 2. The summed E-state index contributed by atoms with van der Waals surface area (Å²) in [5.41, 5.74) is 0. The number of fused-ring (bicyclic) bond motifs is 2. The van der Waals surface area contributed by atoms with Crippen molar-refractivity contribution in [2.75, 3.05) is 0 Å². The Morgan fingerprint density at radius 3 is 2.59 bits per heavy atom. The molecule has 0 unspecified atom stereocenters. The molecule has 2 fully saturated rings. The molecule has 2 saturated carbocycles. The van der Waals surface area contributed by atoms with E-state index in [0.29, 0.717) is 5.92 Å². The number of hydrogen-bond donors (Lipinski definition) is 2. The summed E-state index contributed by atoms with van der Waals surface area (Å²) in [5, 5.41) is 11.3. The third kappa shape index (κ3) is 2.87. The van der Waals surface area contributed by atoms with E-state index in [9.17, 15) is 9.59 Å². The average Bonchev–Trinajstić information content (AvgIpc) is 2.87. The Morgan fingerprint density at radius 2 is 2.06 bits per heavy atom. The van der Waals surface area contributed by atoms with Gasteiger partial charge in [-0.2, -0.15) is 0 Å². The molecule has 94 valence electrons.